The highest BCUT2D eigenvalue weighted by Crippen LogP contribution is 2.21. The van der Waals surface area contributed by atoms with Gasteiger partial charge in [0.25, 0.3) is 5.91 Å². The van der Waals surface area contributed by atoms with Gasteiger partial charge in [-0.1, -0.05) is 12.1 Å². The SMILES string of the molecule is CC1CN(C(C)(C)CNC(=O)c2ccccc2N)CC(C)O1.Cl.Cl. The van der Waals surface area contributed by atoms with Gasteiger partial charge in [-0.05, 0) is 39.8 Å². The molecule has 2 rings (SSSR count). The number of benzene rings is 1. The first-order chi connectivity index (χ1) is 10.3. The molecule has 3 N–H and O–H groups in total. The van der Waals surface area contributed by atoms with Crippen LogP contribution in [0.4, 0.5) is 5.69 Å². The summed E-state index contributed by atoms with van der Waals surface area (Å²) in [5, 5.41) is 3.01. The maximum absolute atomic E-state index is 12.3. The van der Waals surface area contributed by atoms with E-state index < -0.39 is 0 Å². The average molecular weight is 378 g/mol. The molecule has 2 atom stereocenters. The summed E-state index contributed by atoms with van der Waals surface area (Å²) in [4.78, 5) is 14.7. The van der Waals surface area contributed by atoms with Gasteiger partial charge in [-0.3, -0.25) is 9.69 Å². The number of carbonyl (C=O) groups excluding carboxylic acids is 1. The second kappa shape index (κ2) is 9.47. The topological polar surface area (TPSA) is 67.6 Å². The predicted molar refractivity (Wildman–Crippen MR) is 103 cm³/mol. The Hall–Kier alpha value is -1.01. The van der Waals surface area contributed by atoms with Crippen LogP contribution in [0.3, 0.4) is 0 Å². The van der Waals surface area contributed by atoms with Gasteiger partial charge in [0.2, 0.25) is 0 Å². The van der Waals surface area contributed by atoms with E-state index in [1.165, 1.54) is 0 Å². The van der Waals surface area contributed by atoms with Crippen LogP contribution < -0.4 is 11.1 Å². The lowest BCUT2D eigenvalue weighted by atomic mass is 9.99. The van der Waals surface area contributed by atoms with Gasteiger partial charge in [0.1, 0.15) is 0 Å². The van der Waals surface area contributed by atoms with Crippen LogP contribution in [-0.4, -0.2) is 48.2 Å². The molecular formula is C17H29Cl2N3O2. The number of hydrogen-bond acceptors (Lipinski definition) is 4. The number of para-hydroxylation sites is 1. The predicted octanol–water partition coefficient (Wildman–Crippen LogP) is 2.73. The lowest BCUT2D eigenvalue weighted by Gasteiger charge is -2.45. The number of hydrogen-bond donors (Lipinski definition) is 2. The number of nitrogen functional groups attached to an aromatic ring is 1. The second-order valence-electron chi connectivity index (χ2n) is 6.74. The molecule has 138 valence electrons. The molecule has 1 amide bonds. The fraction of sp³-hybridized carbons (Fsp3) is 0.588. The molecule has 1 fully saturated rings. The van der Waals surface area contributed by atoms with E-state index in [1.807, 2.05) is 12.1 Å². The molecule has 0 bridgehead atoms. The molecule has 0 radical (unpaired) electrons. The largest absolute Gasteiger partial charge is 0.398 e. The van der Waals surface area contributed by atoms with Gasteiger partial charge in [-0.15, -0.1) is 24.8 Å². The highest BCUT2D eigenvalue weighted by molar-refractivity contribution is 5.99. The smallest absolute Gasteiger partial charge is 0.253 e. The van der Waals surface area contributed by atoms with Crippen molar-refractivity contribution in [2.24, 2.45) is 0 Å². The Kier molecular flexibility index (Phi) is 9.07. The van der Waals surface area contributed by atoms with Crippen LogP contribution in [0.5, 0.6) is 0 Å². The Morgan fingerprint density at radius 1 is 1.25 bits per heavy atom. The monoisotopic (exact) mass is 377 g/mol. The maximum Gasteiger partial charge on any atom is 0.253 e. The first kappa shape index (κ1) is 23.0. The molecule has 5 nitrogen and oxygen atoms in total. The summed E-state index contributed by atoms with van der Waals surface area (Å²) >= 11 is 0. The molecule has 7 heteroatoms. The van der Waals surface area contributed by atoms with Crippen molar-refractivity contribution in [1.82, 2.24) is 10.2 Å². The van der Waals surface area contributed by atoms with E-state index in [4.69, 9.17) is 10.5 Å². The minimum absolute atomic E-state index is 0. The molecule has 1 saturated heterocycles. The molecule has 1 aromatic rings. The van der Waals surface area contributed by atoms with Crippen LogP contribution in [0.1, 0.15) is 38.1 Å². The van der Waals surface area contributed by atoms with Gasteiger partial charge in [0, 0.05) is 30.9 Å². The lowest BCUT2D eigenvalue weighted by molar-refractivity contribution is -0.0948. The van der Waals surface area contributed by atoms with Gasteiger partial charge in [0.15, 0.2) is 0 Å². The highest BCUT2D eigenvalue weighted by atomic mass is 35.5. The third kappa shape index (κ3) is 5.81. The summed E-state index contributed by atoms with van der Waals surface area (Å²) in [7, 11) is 0. The van der Waals surface area contributed by atoms with E-state index in [1.54, 1.807) is 12.1 Å². The van der Waals surface area contributed by atoms with Crippen molar-refractivity contribution >= 4 is 36.4 Å². The molecule has 0 spiro atoms. The Bertz CT molecular complexity index is 530. The normalized spacial score (nSPS) is 21.3. The van der Waals surface area contributed by atoms with E-state index in [9.17, 15) is 4.79 Å². The van der Waals surface area contributed by atoms with E-state index in [2.05, 4.69) is 37.9 Å². The van der Waals surface area contributed by atoms with Crippen molar-refractivity contribution in [1.29, 1.82) is 0 Å². The van der Waals surface area contributed by atoms with Crippen LogP contribution in [0.25, 0.3) is 0 Å². The minimum atomic E-state index is -0.133. The van der Waals surface area contributed by atoms with Gasteiger partial charge < -0.3 is 15.8 Å². The van der Waals surface area contributed by atoms with E-state index in [0.29, 0.717) is 17.8 Å². The van der Waals surface area contributed by atoms with Crippen LogP contribution in [0.2, 0.25) is 0 Å². The van der Waals surface area contributed by atoms with Crippen LogP contribution in [0, 0.1) is 0 Å². The Morgan fingerprint density at radius 3 is 2.33 bits per heavy atom. The van der Waals surface area contributed by atoms with Crippen molar-refractivity contribution in [3.8, 4) is 0 Å². The fourth-order valence-corrected chi connectivity index (χ4v) is 2.88. The van der Waals surface area contributed by atoms with Crippen molar-refractivity contribution in [2.75, 3.05) is 25.4 Å². The Labute approximate surface area is 157 Å². The Balaban J connectivity index is 0.00000264. The first-order valence-corrected chi connectivity index (χ1v) is 7.83. The van der Waals surface area contributed by atoms with Crippen molar-refractivity contribution in [3.63, 3.8) is 0 Å². The number of ether oxygens (including phenoxy) is 1. The second-order valence-corrected chi connectivity index (χ2v) is 6.74. The number of nitrogens with one attached hydrogen (secondary N) is 1. The molecule has 0 aromatic heterocycles. The zero-order valence-corrected chi connectivity index (χ0v) is 16.4. The molecule has 2 unspecified atom stereocenters. The molecule has 0 aliphatic carbocycles. The van der Waals surface area contributed by atoms with Gasteiger partial charge in [-0.25, -0.2) is 0 Å². The minimum Gasteiger partial charge on any atom is -0.398 e. The van der Waals surface area contributed by atoms with E-state index in [0.717, 1.165) is 13.1 Å². The number of carbonyl (C=O) groups is 1. The van der Waals surface area contributed by atoms with Crippen LogP contribution in [-0.2, 0) is 4.74 Å². The van der Waals surface area contributed by atoms with Gasteiger partial charge >= 0.3 is 0 Å². The number of morpholine rings is 1. The molecule has 1 aliphatic heterocycles. The number of nitrogens with two attached hydrogens (primary N) is 1. The first-order valence-electron chi connectivity index (χ1n) is 7.83. The Morgan fingerprint density at radius 2 is 1.79 bits per heavy atom. The number of rotatable bonds is 4. The summed E-state index contributed by atoms with van der Waals surface area (Å²) in [6.45, 7) is 10.8. The number of halogens is 2. The maximum atomic E-state index is 12.3. The third-order valence-corrected chi connectivity index (χ3v) is 4.16. The van der Waals surface area contributed by atoms with Crippen LogP contribution in [0.15, 0.2) is 24.3 Å². The zero-order chi connectivity index (χ0) is 16.3. The highest BCUT2D eigenvalue weighted by Gasteiger charge is 2.33. The molecule has 1 aliphatic rings. The van der Waals surface area contributed by atoms with Gasteiger partial charge in [0.05, 0.1) is 17.8 Å². The molecule has 24 heavy (non-hydrogen) atoms. The summed E-state index contributed by atoms with van der Waals surface area (Å²) in [6.07, 6.45) is 0.423. The molecule has 1 heterocycles. The summed E-state index contributed by atoms with van der Waals surface area (Å²) < 4.78 is 5.78. The lowest BCUT2D eigenvalue weighted by Crippen LogP contribution is -2.58. The number of amides is 1. The van der Waals surface area contributed by atoms with E-state index >= 15 is 0 Å². The number of anilines is 1. The molecule has 0 saturated carbocycles. The quantitative estimate of drug-likeness (QED) is 0.791. The summed E-state index contributed by atoms with van der Waals surface area (Å²) in [6, 6.07) is 7.14. The van der Waals surface area contributed by atoms with Crippen molar-refractivity contribution in [2.45, 2.75) is 45.4 Å². The summed E-state index contributed by atoms with van der Waals surface area (Å²) in [5.41, 5.74) is 6.75. The standard InChI is InChI=1S/C17H27N3O2.2ClH/c1-12-9-20(10-13(2)22-12)17(3,4)11-19-16(21)14-7-5-6-8-15(14)18;;/h5-8,12-13H,9-11,18H2,1-4H3,(H,19,21);2*1H. The summed E-state index contributed by atoms with van der Waals surface area (Å²) in [5.74, 6) is -0.125. The zero-order valence-electron chi connectivity index (χ0n) is 14.7. The average Bonchev–Trinajstić information content (AvgIpc) is 2.44. The molecule has 1 aromatic carbocycles. The van der Waals surface area contributed by atoms with Crippen LogP contribution >= 0.6 is 24.8 Å². The van der Waals surface area contributed by atoms with Crippen molar-refractivity contribution < 1.29 is 9.53 Å². The number of nitrogens with zero attached hydrogens (tertiary/aromatic N) is 1. The fourth-order valence-electron chi connectivity index (χ4n) is 2.88. The van der Waals surface area contributed by atoms with Crippen molar-refractivity contribution in [3.05, 3.63) is 29.8 Å². The molecular weight excluding hydrogens is 349 g/mol. The third-order valence-electron chi connectivity index (χ3n) is 4.16. The van der Waals surface area contributed by atoms with Gasteiger partial charge in [-0.2, -0.15) is 0 Å². The van der Waals surface area contributed by atoms with E-state index in [-0.39, 0.29) is 48.5 Å².